The molecule has 2 aromatic carbocycles. The van der Waals surface area contributed by atoms with Crippen molar-refractivity contribution in [1.29, 1.82) is 0 Å². The van der Waals surface area contributed by atoms with Crippen LogP contribution in [0.1, 0.15) is 29.2 Å². The molecule has 0 aromatic heterocycles. The second kappa shape index (κ2) is 6.76. The fourth-order valence-electron chi connectivity index (χ4n) is 2.10. The number of aryl methyl sites for hydroxylation is 1. The molecule has 2 rings (SSSR count). The fraction of sp³-hybridized carbons (Fsp3) is 0.294. The van der Waals surface area contributed by atoms with E-state index in [-0.39, 0.29) is 0 Å². The van der Waals surface area contributed by atoms with Gasteiger partial charge in [-0.05, 0) is 29.2 Å². The summed E-state index contributed by atoms with van der Waals surface area (Å²) in [5.41, 5.74) is 2.43. The third-order valence-corrected chi connectivity index (χ3v) is 3.34. The molecule has 0 saturated heterocycles. The van der Waals surface area contributed by atoms with Crippen LogP contribution in [0.2, 0.25) is 0 Å². The first kappa shape index (κ1) is 15.6. The summed E-state index contributed by atoms with van der Waals surface area (Å²) in [5.74, 6) is 0. The molecule has 1 nitrogen and oxygen atoms in total. The highest BCUT2D eigenvalue weighted by Gasteiger charge is 2.30. The van der Waals surface area contributed by atoms with E-state index in [1.807, 2.05) is 12.1 Å². The average Bonchev–Trinajstić information content (AvgIpc) is 2.47. The van der Waals surface area contributed by atoms with E-state index >= 15 is 0 Å². The molecule has 0 fully saturated rings. The first-order valence-electron chi connectivity index (χ1n) is 6.93. The first-order valence-corrected chi connectivity index (χ1v) is 6.93. The molecule has 0 spiro atoms. The summed E-state index contributed by atoms with van der Waals surface area (Å²) in [6, 6.07) is 13.6. The van der Waals surface area contributed by atoms with Crippen LogP contribution in [0, 0.1) is 0 Å². The molecule has 21 heavy (non-hydrogen) atoms. The Kier molecular flexibility index (Phi) is 5.02. The van der Waals surface area contributed by atoms with Crippen molar-refractivity contribution in [3.63, 3.8) is 0 Å². The molecule has 4 heteroatoms. The molecule has 0 radical (unpaired) electrons. The maximum atomic E-state index is 12.6. The van der Waals surface area contributed by atoms with Crippen LogP contribution in [0.4, 0.5) is 13.2 Å². The van der Waals surface area contributed by atoms with E-state index in [4.69, 9.17) is 0 Å². The van der Waals surface area contributed by atoms with Gasteiger partial charge in [0.15, 0.2) is 0 Å². The van der Waals surface area contributed by atoms with Crippen LogP contribution in [0.25, 0.3) is 0 Å². The molecule has 0 heterocycles. The number of hydrogen-bond donors (Lipinski definition) is 1. The zero-order valence-corrected chi connectivity index (χ0v) is 11.9. The van der Waals surface area contributed by atoms with Crippen molar-refractivity contribution >= 4 is 0 Å². The Morgan fingerprint density at radius 1 is 0.857 bits per heavy atom. The lowest BCUT2D eigenvalue weighted by Gasteiger charge is -2.10. The van der Waals surface area contributed by atoms with Crippen molar-refractivity contribution in [3.8, 4) is 0 Å². The summed E-state index contributed by atoms with van der Waals surface area (Å²) in [4.78, 5) is 0. The molecule has 0 saturated carbocycles. The van der Waals surface area contributed by atoms with E-state index < -0.39 is 11.7 Å². The molecule has 0 unspecified atom stereocenters. The normalized spacial score (nSPS) is 11.6. The highest BCUT2D eigenvalue weighted by atomic mass is 19.4. The summed E-state index contributed by atoms with van der Waals surface area (Å²) >= 11 is 0. The Balaban J connectivity index is 1.91. The van der Waals surface area contributed by atoms with Gasteiger partial charge in [-0.1, -0.05) is 49.4 Å². The summed E-state index contributed by atoms with van der Waals surface area (Å²) < 4.78 is 37.8. The minimum Gasteiger partial charge on any atom is -0.309 e. The molecular formula is C17H18F3N. The van der Waals surface area contributed by atoms with Crippen molar-refractivity contribution in [2.24, 2.45) is 0 Å². The van der Waals surface area contributed by atoms with Gasteiger partial charge in [0.2, 0.25) is 0 Å². The SMILES string of the molecule is CCc1ccc(CNCc2cccc(C(F)(F)F)c2)cc1. The van der Waals surface area contributed by atoms with Gasteiger partial charge in [0, 0.05) is 13.1 Å². The second-order valence-corrected chi connectivity index (χ2v) is 4.97. The van der Waals surface area contributed by atoms with Crippen LogP contribution < -0.4 is 5.32 Å². The van der Waals surface area contributed by atoms with Gasteiger partial charge in [-0.3, -0.25) is 0 Å². The monoisotopic (exact) mass is 293 g/mol. The predicted molar refractivity (Wildman–Crippen MR) is 77.8 cm³/mol. The minimum absolute atomic E-state index is 0.416. The zero-order valence-electron chi connectivity index (χ0n) is 11.9. The van der Waals surface area contributed by atoms with Gasteiger partial charge in [-0.15, -0.1) is 0 Å². The average molecular weight is 293 g/mol. The van der Waals surface area contributed by atoms with Crippen molar-refractivity contribution in [2.75, 3.05) is 0 Å². The summed E-state index contributed by atoms with van der Waals surface area (Å²) in [7, 11) is 0. The van der Waals surface area contributed by atoms with Crippen LogP contribution in [0.5, 0.6) is 0 Å². The van der Waals surface area contributed by atoms with E-state index in [1.165, 1.54) is 17.7 Å². The lowest BCUT2D eigenvalue weighted by molar-refractivity contribution is -0.137. The number of hydrogen-bond acceptors (Lipinski definition) is 1. The molecular weight excluding hydrogens is 275 g/mol. The van der Waals surface area contributed by atoms with Crippen molar-refractivity contribution in [3.05, 3.63) is 70.8 Å². The Labute approximate surface area is 122 Å². The van der Waals surface area contributed by atoms with E-state index in [0.29, 0.717) is 18.7 Å². The van der Waals surface area contributed by atoms with Crippen molar-refractivity contribution in [1.82, 2.24) is 5.32 Å². The number of rotatable bonds is 5. The maximum Gasteiger partial charge on any atom is 0.416 e. The Hall–Kier alpha value is -1.81. The largest absolute Gasteiger partial charge is 0.416 e. The number of nitrogens with one attached hydrogen (secondary N) is 1. The van der Waals surface area contributed by atoms with E-state index in [0.717, 1.165) is 18.1 Å². The Morgan fingerprint density at radius 2 is 1.48 bits per heavy atom. The van der Waals surface area contributed by atoms with Crippen LogP contribution in [0.15, 0.2) is 48.5 Å². The molecule has 1 N–H and O–H groups in total. The van der Waals surface area contributed by atoms with E-state index in [1.54, 1.807) is 6.07 Å². The number of benzene rings is 2. The van der Waals surface area contributed by atoms with Crippen molar-refractivity contribution in [2.45, 2.75) is 32.6 Å². The van der Waals surface area contributed by atoms with Crippen molar-refractivity contribution < 1.29 is 13.2 Å². The van der Waals surface area contributed by atoms with Gasteiger partial charge in [0.05, 0.1) is 5.56 Å². The summed E-state index contributed by atoms with van der Waals surface area (Å²) in [5, 5.41) is 3.17. The third kappa shape index (κ3) is 4.60. The van der Waals surface area contributed by atoms with Gasteiger partial charge in [0.1, 0.15) is 0 Å². The van der Waals surface area contributed by atoms with E-state index in [2.05, 4.69) is 24.4 Å². The van der Waals surface area contributed by atoms with Gasteiger partial charge < -0.3 is 5.32 Å². The van der Waals surface area contributed by atoms with Gasteiger partial charge >= 0.3 is 6.18 Å². The number of halogens is 3. The van der Waals surface area contributed by atoms with Gasteiger partial charge in [-0.2, -0.15) is 13.2 Å². The second-order valence-electron chi connectivity index (χ2n) is 4.97. The highest BCUT2D eigenvalue weighted by Crippen LogP contribution is 2.29. The lowest BCUT2D eigenvalue weighted by Crippen LogP contribution is -2.13. The zero-order chi connectivity index (χ0) is 15.3. The fourth-order valence-corrected chi connectivity index (χ4v) is 2.10. The standard InChI is InChI=1S/C17H18F3N/c1-2-13-6-8-14(9-7-13)11-21-12-15-4-3-5-16(10-15)17(18,19)20/h3-10,21H,2,11-12H2,1H3. The van der Waals surface area contributed by atoms with Gasteiger partial charge in [-0.25, -0.2) is 0 Å². The van der Waals surface area contributed by atoms with Crippen LogP contribution in [-0.2, 0) is 25.7 Å². The van der Waals surface area contributed by atoms with Crippen LogP contribution in [-0.4, -0.2) is 0 Å². The molecule has 2 aromatic rings. The summed E-state index contributed by atoms with van der Waals surface area (Å²) in [6.07, 6.45) is -3.29. The molecule has 112 valence electrons. The smallest absolute Gasteiger partial charge is 0.309 e. The van der Waals surface area contributed by atoms with Crippen LogP contribution in [0.3, 0.4) is 0 Å². The lowest BCUT2D eigenvalue weighted by atomic mass is 10.1. The molecule has 0 bridgehead atoms. The first-order chi connectivity index (χ1) is 9.99. The third-order valence-electron chi connectivity index (χ3n) is 3.34. The molecule has 0 aliphatic rings. The van der Waals surface area contributed by atoms with Crippen LogP contribution >= 0.6 is 0 Å². The quantitative estimate of drug-likeness (QED) is 0.852. The molecule has 0 amide bonds. The molecule has 0 aliphatic carbocycles. The van der Waals surface area contributed by atoms with Gasteiger partial charge in [0.25, 0.3) is 0 Å². The number of alkyl halides is 3. The minimum atomic E-state index is -4.29. The highest BCUT2D eigenvalue weighted by molar-refractivity contribution is 5.26. The topological polar surface area (TPSA) is 12.0 Å². The Bertz CT molecular complexity index is 573. The summed E-state index contributed by atoms with van der Waals surface area (Å²) in [6.45, 7) is 3.15. The Morgan fingerprint density at radius 3 is 2.10 bits per heavy atom. The maximum absolute atomic E-state index is 12.6. The van der Waals surface area contributed by atoms with E-state index in [9.17, 15) is 13.2 Å². The predicted octanol–water partition coefficient (Wildman–Crippen LogP) is 4.56. The molecule has 0 aliphatic heterocycles. The molecule has 0 atom stereocenters.